The van der Waals surface area contributed by atoms with Gasteiger partial charge in [-0.1, -0.05) is 19.3 Å². The molecule has 1 aromatic carbocycles. The number of sulfonamides is 1. The summed E-state index contributed by atoms with van der Waals surface area (Å²) >= 11 is 0. The van der Waals surface area contributed by atoms with Crippen molar-refractivity contribution < 1.29 is 12.8 Å². The molecule has 1 saturated carbocycles. The third-order valence-corrected chi connectivity index (χ3v) is 5.08. The van der Waals surface area contributed by atoms with Gasteiger partial charge in [0, 0.05) is 6.54 Å². The Labute approximate surface area is 118 Å². The highest BCUT2D eigenvalue weighted by Crippen LogP contribution is 2.23. The van der Waals surface area contributed by atoms with E-state index in [-0.39, 0.29) is 10.5 Å². The number of rotatable bonds is 4. The minimum absolute atomic E-state index is 0.0636. The van der Waals surface area contributed by atoms with Crippen LogP contribution in [0.1, 0.15) is 37.7 Å². The fraction of sp³-hybridized carbons (Fsp3) is 0.500. The van der Waals surface area contributed by atoms with Crippen LogP contribution < -0.4 is 4.72 Å². The van der Waals surface area contributed by atoms with E-state index in [9.17, 15) is 12.8 Å². The second-order valence-electron chi connectivity index (χ2n) is 5.11. The molecule has 1 N–H and O–H groups in total. The summed E-state index contributed by atoms with van der Waals surface area (Å²) < 4.78 is 40.0. The van der Waals surface area contributed by atoms with Crippen molar-refractivity contribution in [2.45, 2.75) is 37.0 Å². The van der Waals surface area contributed by atoms with Crippen LogP contribution in [-0.4, -0.2) is 15.0 Å². The van der Waals surface area contributed by atoms with Crippen molar-refractivity contribution >= 4 is 10.0 Å². The highest BCUT2D eigenvalue weighted by atomic mass is 32.2. The van der Waals surface area contributed by atoms with Crippen molar-refractivity contribution in [2.24, 2.45) is 5.92 Å². The zero-order valence-electron chi connectivity index (χ0n) is 11.1. The van der Waals surface area contributed by atoms with Gasteiger partial charge in [-0.15, -0.1) is 0 Å². The maximum absolute atomic E-state index is 13.2. The summed E-state index contributed by atoms with van der Waals surface area (Å²) in [7, 11) is -3.68. The van der Waals surface area contributed by atoms with Gasteiger partial charge in [0.25, 0.3) is 0 Å². The monoisotopic (exact) mass is 296 g/mol. The molecule has 0 radical (unpaired) electrons. The molecule has 0 aromatic heterocycles. The Bertz CT molecular complexity index is 617. The van der Waals surface area contributed by atoms with Crippen molar-refractivity contribution in [1.29, 1.82) is 5.26 Å². The van der Waals surface area contributed by atoms with Gasteiger partial charge in [0.15, 0.2) is 0 Å². The molecule has 1 aliphatic carbocycles. The third-order valence-electron chi connectivity index (χ3n) is 3.66. The first kappa shape index (κ1) is 14.9. The summed E-state index contributed by atoms with van der Waals surface area (Å²) in [6, 6.07) is 4.90. The third kappa shape index (κ3) is 3.56. The summed E-state index contributed by atoms with van der Waals surface area (Å²) in [5.41, 5.74) is -0.259. The minimum atomic E-state index is -3.68. The van der Waals surface area contributed by atoms with Crippen LogP contribution in [0.2, 0.25) is 0 Å². The highest BCUT2D eigenvalue weighted by Gasteiger charge is 2.19. The van der Waals surface area contributed by atoms with Gasteiger partial charge in [-0.05, 0) is 37.0 Å². The number of benzene rings is 1. The molecule has 4 nitrogen and oxygen atoms in total. The predicted octanol–water partition coefficient (Wildman–Crippen LogP) is 2.56. The maximum atomic E-state index is 13.2. The quantitative estimate of drug-likeness (QED) is 0.928. The number of nitrogens with zero attached hydrogens (tertiary/aromatic N) is 1. The average Bonchev–Trinajstić information content (AvgIpc) is 2.46. The van der Waals surface area contributed by atoms with E-state index in [4.69, 9.17) is 5.26 Å². The van der Waals surface area contributed by atoms with Crippen molar-refractivity contribution in [1.82, 2.24) is 4.72 Å². The topological polar surface area (TPSA) is 70.0 Å². The van der Waals surface area contributed by atoms with Crippen LogP contribution in [0.15, 0.2) is 23.1 Å². The van der Waals surface area contributed by atoms with Crippen LogP contribution in [-0.2, 0) is 10.0 Å². The van der Waals surface area contributed by atoms with Gasteiger partial charge in [-0.3, -0.25) is 0 Å². The normalized spacial score (nSPS) is 16.8. The molecule has 0 amide bonds. The lowest BCUT2D eigenvalue weighted by molar-refractivity contribution is 0.357. The first-order chi connectivity index (χ1) is 9.53. The fourth-order valence-electron chi connectivity index (χ4n) is 2.46. The molecule has 0 saturated heterocycles. The Kier molecular flexibility index (Phi) is 4.73. The van der Waals surface area contributed by atoms with E-state index >= 15 is 0 Å². The van der Waals surface area contributed by atoms with E-state index in [1.165, 1.54) is 12.5 Å². The van der Waals surface area contributed by atoms with Crippen molar-refractivity contribution in [3.8, 4) is 6.07 Å². The lowest BCUT2D eigenvalue weighted by Gasteiger charge is -2.21. The van der Waals surface area contributed by atoms with E-state index in [2.05, 4.69) is 4.72 Å². The standard InChI is InChI=1S/C14H17FN2O2S/c15-14-7-6-13(8-12(14)9-16)20(18,19)17-10-11-4-2-1-3-5-11/h6-8,11,17H,1-5,10H2. The van der Waals surface area contributed by atoms with Crippen LogP contribution in [0, 0.1) is 23.1 Å². The Balaban J connectivity index is 2.08. The highest BCUT2D eigenvalue weighted by molar-refractivity contribution is 7.89. The second kappa shape index (κ2) is 6.33. The smallest absolute Gasteiger partial charge is 0.211 e. The van der Waals surface area contributed by atoms with Crippen LogP contribution in [0.5, 0.6) is 0 Å². The van der Waals surface area contributed by atoms with Gasteiger partial charge in [0.05, 0.1) is 10.5 Å². The first-order valence-corrected chi connectivity index (χ1v) is 8.20. The fourth-order valence-corrected chi connectivity index (χ4v) is 3.60. The molecular formula is C14H17FN2O2S. The van der Waals surface area contributed by atoms with Gasteiger partial charge in [-0.2, -0.15) is 5.26 Å². The SMILES string of the molecule is N#Cc1cc(S(=O)(=O)NCC2CCCCC2)ccc1F. The Morgan fingerprint density at radius 2 is 2.00 bits per heavy atom. The van der Waals surface area contributed by atoms with Gasteiger partial charge >= 0.3 is 0 Å². The van der Waals surface area contributed by atoms with Gasteiger partial charge in [0.2, 0.25) is 10.0 Å². The molecule has 0 heterocycles. The number of halogens is 1. The molecule has 1 aromatic rings. The molecule has 1 fully saturated rings. The lowest BCUT2D eigenvalue weighted by Crippen LogP contribution is -2.30. The molecule has 108 valence electrons. The van der Waals surface area contributed by atoms with Crippen molar-refractivity contribution in [3.05, 3.63) is 29.6 Å². The van der Waals surface area contributed by atoms with Gasteiger partial charge in [-0.25, -0.2) is 17.5 Å². The van der Waals surface area contributed by atoms with E-state index < -0.39 is 15.8 Å². The molecule has 0 unspecified atom stereocenters. The largest absolute Gasteiger partial charge is 0.240 e. The van der Waals surface area contributed by atoms with Gasteiger partial charge in [0.1, 0.15) is 11.9 Å². The molecule has 2 rings (SSSR count). The van der Waals surface area contributed by atoms with Crippen molar-refractivity contribution in [3.63, 3.8) is 0 Å². The minimum Gasteiger partial charge on any atom is -0.211 e. The number of nitriles is 1. The number of hydrogen-bond donors (Lipinski definition) is 1. The zero-order valence-corrected chi connectivity index (χ0v) is 11.9. The summed E-state index contributed by atoms with van der Waals surface area (Å²) in [5, 5.41) is 8.74. The van der Waals surface area contributed by atoms with Crippen LogP contribution in [0.25, 0.3) is 0 Å². The average molecular weight is 296 g/mol. The summed E-state index contributed by atoms with van der Waals surface area (Å²) in [6.07, 6.45) is 5.57. The first-order valence-electron chi connectivity index (χ1n) is 6.72. The van der Waals surface area contributed by atoms with Crippen LogP contribution in [0.4, 0.5) is 4.39 Å². The molecule has 0 atom stereocenters. The number of hydrogen-bond acceptors (Lipinski definition) is 3. The maximum Gasteiger partial charge on any atom is 0.240 e. The Morgan fingerprint density at radius 1 is 1.30 bits per heavy atom. The Morgan fingerprint density at radius 3 is 2.65 bits per heavy atom. The van der Waals surface area contributed by atoms with E-state index in [0.717, 1.165) is 37.8 Å². The summed E-state index contributed by atoms with van der Waals surface area (Å²) in [4.78, 5) is -0.0636. The van der Waals surface area contributed by atoms with Crippen LogP contribution >= 0.6 is 0 Å². The summed E-state index contributed by atoms with van der Waals surface area (Å²) in [5.74, 6) is -0.340. The van der Waals surface area contributed by atoms with Crippen molar-refractivity contribution in [2.75, 3.05) is 6.54 Å². The van der Waals surface area contributed by atoms with E-state index in [1.807, 2.05) is 0 Å². The molecule has 6 heteroatoms. The van der Waals surface area contributed by atoms with E-state index in [0.29, 0.717) is 12.5 Å². The second-order valence-corrected chi connectivity index (χ2v) is 6.88. The van der Waals surface area contributed by atoms with Gasteiger partial charge < -0.3 is 0 Å². The molecule has 0 aliphatic heterocycles. The Hall–Kier alpha value is -1.45. The van der Waals surface area contributed by atoms with Crippen LogP contribution in [0.3, 0.4) is 0 Å². The predicted molar refractivity (Wildman–Crippen MR) is 72.9 cm³/mol. The summed E-state index contributed by atoms with van der Waals surface area (Å²) in [6.45, 7) is 0.404. The molecule has 0 spiro atoms. The molecule has 20 heavy (non-hydrogen) atoms. The molecule has 1 aliphatic rings. The molecular weight excluding hydrogens is 279 g/mol. The zero-order chi connectivity index (χ0) is 14.6. The number of nitrogens with one attached hydrogen (secondary N) is 1. The van der Waals surface area contributed by atoms with E-state index in [1.54, 1.807) is 6.07 Å². The lowest BCUT2D eigenvalue weighted by atomic mass is 9.90. The molecule has 0 bridgehead atoms.